The predicted molar refractivity (Wildman–Crippen MR) is 175 cm³/mol. The zero-order valence-corrected chi connectivity index (χ0v) is 26.8. The van der Waals surface area contributed by atoms with Gasteiger partial charge in [0.1, 0.15) is 11.5 Å². The van der Waals surface area contributed by atoms with Crippen molar-refractivity contribution in [1.29, 1.82) is 0 Å². The van der Waals surface area contributed by atoms with Gasteiger partial charge in [-0.2, -0.15) is 5.10 Å². The van der Waals surface area contributed by atoms with E-state index in [4.69, 9.17) is 10.5 Å². The van der Waals surface area contributed by atoms with Crippen LogP contribution in [0, 0.1) is 19.7 Å². The van der Waals surface area contributed by atoms with Gasteiger partial charge in [-0.25, -0.2) is 4.39 Å². The van der Waals surface area contributed by atoms with Crippen molar-refractivity contribution in [3.8, 4) is 0 Å². The first-order valence-corrected chi connectivity index (χ1v) is 15.9. The van der Waals surface area contributed by atoms with Gasteiger partial charge in [0.25, 0.3) is 5.91 Å². The van der Waals surface area contributed by atoms with Crippen molar-refractivity contribution < 1.29 is 18.7 Å². The van der Waals surface area contributed by atoms with E-state index in [0.29, 0.717) is 56.1 Å². The number of fused-ring (bicyclic) bond motifs is 1. The van der Waals surface area contributed by atoms with Crippen LogP contribution in [0.5, 0.6) is 0 Å². The quantitative estimate of drug-likeness (QED) is 0.203. The zero-order chi connectivity index (χ0) is 32.1. The van der Waals surface area contributed by atoms with E-state index in [1.54, 1.807) is 23.9 Å². The predicted octanol–water partition coefficient (Wildman–Crippen LogP) is 5.57. The molecule has 0 bridgehead atoms. The summed E-state index contributed by atoms with van der Waals surface area (Å²) in [6.07, 6.45) is 3.41. The van der Waals surface area contributed by atoms with Gasteiger partial charge in [0.15, 0.2) is 0 Å². The van der Waals surface area contributed by atoms with Crippen molar-refractivity contribution in [2.75, 3.05) is 32.1 Å². The highest BCUT2D eigenvalue weighted by Gasteiger charge is 2.30. The summed E-state index contributed by atoms with van der Waals surface area (Å²) in [6.45, 7) is 9.05. The third-order valence-electron chi connectivity index (χ3n) is 8.81. The number of amides is 2. The number of methoxy groups -OCH3 is 1. The lowest BCUT2D eigenvalue weighted by molar-refractivity contribution is -0.132. The van der Waals surface area contributed by atoms with Gasteiger partial charge < -0.3 is 25.3 Å². The van der Waals surface area contributed by atoms with E-state index in [1.165, 1.54) is 6.07 Å². The smallest absolute Gasteiger partial charge is 0.273 e. The molecular weight excluding hydrogens is 571 g/mol. The molecule has 2 unspecified atom stereocenters. The second-order valence-electron chi connectivity index (χ2n) is 12.1. The van der Waals surface area contributed by atoms with Crippen LogP contribution >= 0.6 is 0 Å². The lowest BCUT2D eigenvalue weighted by Crippen LogP contribution is -2.42. The number of piperidine rings is 1. The van der Waals surface area contributed by atoms with Crippen molar-refractivity contribution in [1.82, 2.24) is 19.2 Å². The summed E-state index contributed by atoms with van der Waals surface area (Å²) in [5, 5.41) is 8.20. The van der Waals surface area contributed by atoms with Crippen LogP contribution in [0.25, 0.3) is 10.9 Å². The molecule has 4 aromatic rings. The number of nitrogens with zero attached hydrogens (tertiary/aromatic N) is 4. The molecule has 0 saturated carbocycles. The number of ether oxygens (including phenoxy) is 1. The molecule has 0 radical (unpaired) electrons. The highest BCUT2D eigenvalue weighted by molar-refractivity contribution is 6.03. The first-order valence-electron chi connectivity index (χ1n) is 15.9. The van der Waals surface area contributed by atoms with Crippen LogP contribution in [0.2, 0.25) is 0 Å². The van der Waals surface area contributed by atoms with Gasteiger partial charge in [0.05, 0.1) is 11.2 Å². The van der Waals surface area contributed by atoms with Gasteiger partial charge in [-0.3, -0.25) is 14.3 Å². The van der Waals surface area contributed by atoms with Gasteiger partial charge in [0, 0.05) is 75.0 Å². The SMILES string of the molecule is CCn1nc(C)cc1C(=O)Nc1ccc(CC(N)CC(=O)N2CCCC(c3c(C)c4cccc(F)c4n3CCCOC)C2)cc1. The Labute approximate surface area is 264 Å². The molecule has 2 aromatic carbocycles. The number of anilines is 1. The Morgan fingerprint density at radius 3 is 2.69 bits per heavy atom. The summed E-state index contributed by atoms with van der Waals surface area (Å²) in [7, 11) is 1.68. The van der Waals surface area contributed by atoms with Crippen LogP contribution < -0.4 is 11.1 Å². The molecule has 3 heterocycles. The maximum Gasteiger partial charge on any atom is 0.273 e. The van der Waals surface area contributed by atoms with Crippen LogP contribution in [0.4, 0.5) is 10.1 Å². The van der Waals surface area contributed by atoms with Crippen LogP contribution in [0.15, 0.2) is 48.5 Å². The minimum absolute atomic E-state index is 0.0461. The molecule has 9 nitrogen and oxygen atoms in total. The Morgan fingerprint density at radius 2 is 1.96 bits per heavy atom. The van der Waals surface area contributed by atoms with E-state index in [9.17, 15) is 9.59 Å². The summed E-state index contributed by atoms with van der Waals surface area (Å²) >= 11 is 0. The molecule has 240 valence electrons. The molecule has 0 spiro atoms. The number of halogens is 1. The number of nitrogens with two attached hydrogens (primary N) is 1. The second kappa shape index (κ2) is 14.4. The Morgan fingerprint density at radius 1 is 1.18 bits per heavy atom. The number of aryl methyl sites for hydroxylation is 4. The van der Waals surface area contributed by atoms with Crippen LogP contribution in [0.1, 0.15) is 71.5 Å². The van der Waals surface area contributed by atoms with Crippen molar-refractivity contribution in [2.45, 2.75) is 77.9 Å². The number of carbonyl (C=O) groups is 2. The Kier molecular flexibility index (Phi) is 10.4. The fourth-order valence-electron chi connectivity index (χ4n) is 6.72. The van der Waals surface area contributed by atoms with Crippen molar-refractivity contribution >= 4 is 28.4 Å². The van der Waals surface area contributed by atoms with E-state index in [0.717, 1.165) is 47.2 Å². The summed E-state index contributed by atoms with van der Waals surface area (Å²) < 4.78 is 24.2. The Hall–Kier alpha value is -4.02. The van der Waals surface area contributed by atoms with E-state index >= 15 is 4.39 Å². The minimum atomic E-state index is -0.337. The second-order valence-corrected chi connectivity index (χ2v) is 12.1. The van der Waals surface area contributed by atoms with E-state index in [2.05, 4.69) is 21.9 Å². The molecule has 0 aliphatic carbocycles. The number of likely N-dealkylation sites (tertiary alicyclic amines) is 1. The number of benzene rings is 2. The Balaban J connectivity index is 1.21. The molecule has 45 heavy (non-hydrogen) atoms. The molecular formula is C35H45FN6O3. The fourth-order valence-corrected chi connectivity index (χ4v) is 6.72. The average Bonchev–Trinajstić information content (AvgIpc) is 3.55. The number of rotatable bonds is 12. The summed E-state index contributed by atoms with van der Waals surface area (Å²) in [5.41, 5.74) is 12.3. The summed E-state index contributed by atoms with van der Waals surface area (Å²) in [4.78, 5) is 28.1. The summed E-state index contributed by atoms with van der Waals surface area (Å²) in [6, 6.07) is 14.3. The van der Waals surface area contributed by atoms with Crippen LogP contribution in [-0.4, -0.2) is 63.9 Å². The van der Waals surface area contributed by atoms with E-state index < -0.39 is 0 Å². The maximum absolute atomic E-state index is 15.1. The normalized spacial score (nSPS) is 15.9. The van der Waals surface area contributed by atoms with Gasteiger partial charge in [-0.1, -0.05) is 24.3 Å². The molecule has 1 aliphatic rings. The van der Waals surface area contributed by atoms with Gasteiger partial charge in [-0.05, 0) is 81.8 Å². The number of aromatic nitrogens is 3. The number of nitrogens with one attached hydrogen (secondary N) is 1. The molecule has 10 heteroatoms. The van der Waals surface area contributed by atoms with E-state index in [1.807, 2.05) is 49.1 Å². The third kappa shape index (κ3) is 7.28. The molecule has 2 amide bonds. The van der Waals surface area contributed by atoms with Gasteiger partial charge in [-0.15, -0.1) is 0 Å². The van der Waals surface area contributed by atoms with Gasteiger partial charge >= 0.3 is 0 Å². The highest BCUT2D eigenvalue weighted by atomic mass is 19.1. The van der Waals surface area contributed by atoms with Crippen molar-refractivity contribution in [3.63, 3.8) is 0 Å². The molecule has 1 aliphatic heterocycles. The zero-order valence-electron chi connectivity index (χ0n) is 26.8. The maximum atomic E-state index is 15.1. The Bertz CT molecular complexity index is 1640. The first kappa shape index (κ1) is 32.4. The molecule has 1 fully saturated rings. The lowest BCUT2D eigenvalue weighted by Gasteiger charge is -2.34. The standard InChI is InChI=1S/C35H45FN6O3/c1-5-42-31(19-23(2)39-42)35(44)38-28-14-12-25(13-15-28)20-27(37)21-32(43)40-16-7-9-26(22-40)33-24(3)29-10-6-11-30(36)34(29)41(33)17-8-18-45-4/h6,10-15,19,26-27H,5,7-9,16-18,20-22,37H2,1-4H3,(H,38,44). The molecule has 3 N–H and O–H groups in total. The molecule has 5 rings (SSSR count). The largest absolute Gasteiger partial charge is 0.385 e. The van der Waals surface area contributed by atoms with E-state index in [-0.39, 0.29) is 36.0 Å². The van der Waals surface area contributed by atoms with Crippen LogP contribution in [-0.2, 0) is 29.0 Å². The van der Waals surface area contributed by atoms with Crippen molar-refractivity contribution in [2.24, 2.45) is 5.73 Å². The highest BCUT2D eigenvalue weighted by Crippen LogP contribution is 2.37. The monoisotopic (exact) mass is 616 g/mol. The third-order valence-corrected chi connectivity index (χ3v) is 8.81. The first-order chi connectivity index (χ1) is 21.7. The topological polar surface area (TPSA) is 107 Å². The number of hydrogen-bond donors (Lipinski definition) is 2. The number of para-hydroxylation sites is 1. The molecule has 2 atom stereocenters. The lowest BCUT2D eigenvalue weighted by atomic mass is 9.91. The van der Waals surface area contributed by atoms with Crippen molar-refractivity contribution in [3.05, 3.63) is 82.6 Å². The van der Waals surface area contributed by atoms with Crippen LogP contribution in [0.3, 0.4) is 0 Å². The average molecular weight is 617 g/mol. The number of carbonyl (C=O) groups excluding carboxylic acids is 2. The fraction of sp³-hybridized carbons (Fsp3) is 0.457. The molecule has 2 aromatic heterocycles. The summed E-state index contributed by atoms with van der Waals surface area (Å²) in [5.74, 6) is -0.257. The number of hydrogen-bond acceptors (Lipinski definition) is 5. The molecule has 1 saturated heterocycles. The van der Waals surface area contributed by atoms with Gasteiger partial charge in [0.2, 0.25) is 5.91 Å². The minimum Gasteiger partial charge on any atom is -0.385 e.